The molecule has 3 heteroatoms. The Balaban J connectivity index is 2.48. The summed E-state index contributed by atoms with van der Waals surface area (Å²) in [5.74, 6) is 1.41. The van der Waals surface area contributed by atoms with Crippen molar-refractivity contribution in [3.63, 3.8) is 0 Å². The number of ether oxygens (including phenoxy) is 1. The van der Waals surface area contributed by atoms with E-state index in [9.17, 15) is 0 Å². The van der Waals surface area contributed by atoms with Crippen LogP contribution in [0.2, 0.25) is 0 Å². The smallest absolute Gasteiger partial charge is 0.187 e. The van der Waals surface area contributed by atoms with Gasteiger partial charge in [0.1, 0.15) is 0 Å². The van der Waals surface area contributed by atoms with Crippen molar-refractivity contribution < 1.29 is 4.74 Å². The van der Waals surface area contributed by atoms with Gasteiger partial charge in [0.15, 0.2) is 5.88 Å². The lowest BCUT2D eigenvalue weighted by atomic mass is 10.2. The average Bonchev–Trinajstić information content (AvgIpc) is 2.05. The van der Waals surface area contributed by atoms with E-state index in [1.54, 1.807) is 0 Å². The summed E-state index contributed by atoms with van der Waals surface area (Å²) >= 11 is 5.66. The molecule has 0 atom stereocenters. The van der Waals surface area contributed by atoms with Crippen LogP contribution in [0.4, 0.5) is 0 Å². The molecule has 0 spiro atoms. The van der Waals surface area contributed by atoms with E-state index in [-0.39, 0.29) is 6.10 Å². The summed E-state index contributed by atoms with van der Waals surface area (Å²) in [6.07, 6.45) is 4.14. The molecule has 0 aliphatic carbocycles. The van der Waals surface area contributed by atoms with Crippen molar-refractivity contribution in [3.05, 3.63) is 23.6 Å². The van der Waals surface area contributed by atoms with Crippen LogP contribution in [0.3, 0.4) is 0 Å². The average molecular weight is 188 g/mol. The second kappa shape index (κ2) is 4.41. The molecule has 0 fully saturated rings. The van der Waals surface area contributed by atoms with Crippen molar-refractivity contribution in [1.29, 1.82) is 0 Å². The largest absolute Gasteiger partial charge is 0.476 e. The molecule has 1 rings (SSSR count). The lowest BCUT2D eigenvalue weighted by Gasteiger charge is -2.18. The first-order valence-electron chi connectivity index (χ1n) is 4.08. The Morgan fingerprint density at radius 3 is 2.75 bits per heavy atom. The van der Waals surface area contributed by atoms with Crippen LogP contribution in [-0.2, 0) is 4.74 Å². The van der Waals surface area contributed by atoms with E-state index in [1.165, 1.54) is 5.57 Å². The van der Waals surface area contributed by atoms with E-state index >= 15 is 0 Å². The third kappa shape index (κ3) is 2.78. The maximum absolute atomic E-state index is 5.66. The van der Waals surface area contributed by atoms with E-state index in [0.717, 1.165) is 12.4 Å². The summed E-state index contributed by atoms with van der Waals surface area (Å²) in [5.41, 5.74) is 1.19. The Hall–Kier alpha value is -0.630. The van der Waals surface area contributed by atoms with Crippen LogP contribution in [0.1, 0.15) is 13.8 Å². The van der Waals surface area contributed by atoms with E-state index in [1.807, 2.05) is 26.0 Å². The second-order valence-electron chi connectivity index (χ2n) is 3.01. The fourth-order valence-corrected chi connectivity index (χ4v) is 1.12. The van der Waals surface area contributed by atoms with Crippen molar-refractivity contribution in [2.24, 2.45) is 0 Å². The molecule has 0 unspecified atom stereocenters. The van der Waals surface area contributed by atoms with Crippen LogP contribution in [0.15, 0.2) is 23.6 Å². The molecule has 0 aromatic heterocycles. The Labute approximate surface area is 78.2 Å². The Bertz CT molecular complexity index is 209. The molecule has 12 heavy (non-hydrogen) atoms. The van der Waals surface area contributed by atoms with E-state index in [2.05, 4.69) is 5.32 Å². The SMILES string of the molecule is CC(C)OC1=CC=C(CCl)CN1. The van der Waals surface area contributed by atoms with Crippen molar-refractivity contribution in [1.82, 2.24) is 5.32 Å². The molecule has 0 aromatic carbocycles. The number of dihydropyridines is 1. The van der Waals surface area contributed by atoms with Crippen molar-refractivity contribution in [2.45, 2.75) is 20.0 Å². The highest BCUT2D eigenvalue weighted by molar-refractivity contribution is 6.19. The molecule has 68 valence electrons. The Morgan fingerprint density at radius 1 is 1.58 bits per heavy atom. The van der Waals surface area contributed by atoms with Crippen molar-refractivity contribution >= 4 is 11.6 Å². The van der Waals surface area contributed by atoms with Crippen LogP contribution in [0, 0.1) is 0 Å². The van der Waals surface area contributed by atoms with Gasteiger partial charge in [-0.25, -0.2) is 0 Å². The molecule has 0 saturated carbocycles. The molecule has 0 amide bonds. The summed E-state index contributed by atoms with van der Waals surface area (Å²) in [6, 6.07) is 0. The standard InChI is InChI=1S/C9H14ClNO/c1-7(2)12-9-4-3-8(5-10)6-11-9/h3-4,7,11H,5-6H2,1-2H3. The molecular formula is C9H14ClNO. The van der Waals surface area contributed by atoms with Gasteiger partial charge in [-0.3, -0.25) is 0 Å². The molecule has 1 N–H and O–H groups in total. The fourth-order valence-electron chi connectivity index (χ4n) is 0.939. The second-order valence-corrected chi connectivity index (χ2v) is 3.28. The molecule has 1 aliphatic rings. The molecule has 0 aromatic rings. The quantitative estimate of drug-likeness (QED) is 0.683. The molecular weight excluding hydrogens is 174 g/mol. The Morgan fingerprint density at radius 2 is 2.33 bits per heavy atom. The molecule has 1 aliphatic heterocycles. The highest BCUT2D eigenvalue weighted by Crippen LogP contribution is 2.08. The predicted octanol–water partition coefficient (Wildman–Crippen LogP) is 2.02. The zero-order chi connectivity index (χ0) is 8.97. The van der Waals surface area contributed by atoms with Gasteiger partial charge in [0.25, 0.3) is 0 Å². The minimum absolute atomic E-state index is 0.217. The number of rotatable bonds is 3. The molecule has 1 heterocycles. The summed E-state index contributed by atoms with van der Waals surface area (Å²) in [4.78, 5) is 0. The van der Waals surface area contributed by atoms with Crippen molar-refractivity contribution in [3.8, 4) is 0 Å². The first-order valence-corrected chi connectivity index (χ1v) is 4.62. The van der Waals surface area contributed by atoms with Crippen LogP contribution in [0.5, 0.6) is 0 Å². The number of hydrogen-bond donors (Lipinski definition) is 1. The molecule has 0 radical (unpaired) electrons. The van der Waals surface area contributed by atoms with Gasteiger partial charge in [-0.2, -0.15) is 0 Å². The van der Waals surface area contributed by atoms with Gasteiger partial charge in [0, 0.05) is 12.4 Å². The highest BCUT2D eigenvalue weighted by Gasteiger charge is 2.05. The zero-order valence-corrected chi connectivity index (χ0v) is 8.19. The van der Waals surface area contributed by atoms with Gasteiger partial charge in [-0.05, 0) is 25.5 Å². The van der Waals surface area contributed by atoms with Gasteiger partial charge >= 0.3 is 0 Å². The first-order chi connectivity index (χ1) is 5.72. The van der Waals surface area contributed by atoms with Crippen LogP contribution in [-0.4, -0.2) is 18.5 Å². The third-order valence-corrected chi connectivity index (χ3v) is 1.84. The van der Waals surface area contributed by atoms with Gasteiger partial charge in [0.2, 0.25) is 0 Å². The normalized spacial score (nSPS) is 16.7. The van der Waals surface area contributed by atoms with Crippen LogP contribution >= 0.6 is 11.6 Å². The van der Waals surface area contributed by atoms with Crippen molar-refractivity contribution in [2.75, 3.05) is 12.4 Å². The van der Waals surface area contributed by atoms with Gasteiger partial charge < -0.3 is 10.1 Å². The van der Waals surface area contributed by atoms with Crippen LogP contribution < -0.4 is 5.32 Å². The first kappa shape index (κ1) is 9.46. The maximum Gasteiger partial charge on any atom is 0.187 e. The number of hydrogen-bond acceptors (Lipinski definition) is 2. The fraction of sp³-hybridized carbons (Fsp3) is 0.556. The Kier molecular flexibility index (Phi) is 3.48. The summed E-state index contributed by atoms with van der Waals surface area (Å²) in [5, 5.41) is 3.14. The number of halogens is 1. The number of nitrogens with one attached hydrogen (secondary N) is 1. The van der Waals surface area contributed by atoms with Gasteiger partial charge in [0.05, 0.1) is 6.10 Å². The predicted molar refractivity (Wildman–Crippen MR) is 51.1 cm³/mol. The summed E-state index contributed by atoms with van der Waals surface area (Å²) < 4.78 is 5.45. The summed E-state index contributed by atoms with van der Waals surface area (Å²) in [7, 11) is 0. The number of alkyl halides is 1. The third-order valence-electron chi connectivity index (χ3n) is 1.49. The van der Waals surface area contributed by atoms with E-state index in [4.69, 9.17) is 16.3 Å². The van der Waals surface area contributed by atoms with E-state index in [0.29, 0.717) is 5.88 Å². The molecule has 2 nitrogen and oxygen atoms in total. The zero-order valence-electron chi connectivity index (χ0n) is 7.43. The minimum Gasteiger partial charge on any atom is -0.476 e. The maximum atomic E-state index is 5.66. The molecule has 0 bridgehead atoms. The van der Waals surface area contributed by atoms with E-state index < -0.39 is 0 Å². The van der Waals surface area contributed by atoms with Gasteiger partial charge in [-0.1, -0.05) is 6.08 Å². The lowest BCUT2D eigenvalue weighted by molar-refractivity contribution is 0.131. The monoisotopic (exact) mass is 187 g/mol. The summed E-state index contributed by atoms with van der Waals surface area (Å²) in [6.45, 7) is 4.80. The number of allylic oxidation sites excluding steroid dienone is 2. The van der Waals surface area contributed by atoms with Crippen LogP contribution in [0.25, 0.3) is 0 Å². The topological polar surface area (TPSA) is 21.3 Å². The highest BCUT2D eigenvalue weighted by atomic mass is 35.5. The molecule has 0 saturated heterocycles. The van der Waals surface area contributed by atoms with Gasteiger partial charge in [-0.15, -0.1) is 11.6 Å². The minimum atomic E-state index is 0.217. The lowest BCUT2D eigenvalue weighted by Crippen LogP contribution is -2.23.